The van der Waals surface area contributed by atoms with E-state index in [-0.39, 0.29) is 12.3 Å². The number of hydrogen-bond acceptors (Lipinski definition) is 5. The number of rotatable bonds is 7. The molecule has 0 fully saturated rings. The highest BCUT2D eigenvalue weighted by Crippen LogP contribution is 2.38. The van der Waals surface area contributed by atoms with Gasteiger partial charge in [0.2, 0.25) is 11.8 Å². The molecule has 6 nitrogen and oxygen atoms in total. The highest BCUT2D eigenvalue weighted by molar-refractivity contribution is 6.31. The number of hydrogen-bond donors (Lipinski definition) is 1. The van der Waals surface area contributed by atoms with E-state index >= 15 is 0 Å². The van der Waals surface area contributed by atoms with E-state index in [1.807, 2.05) is 24.3 Å². The Morgan fingerprint density at radius 2 is 1.93 bits per heavy atom. The lowest BCUT2D eigenvalue weighted by Gasteiger charge is -2.16. The highest BCUT2D eigenvalue weighted by atomic mass is 35.5. The van der Waals surface area contributed by atoms with Crippen LogP contribution in [0.15, 0.2) is 40.8 Å². The van der Waals surface area contributed by atoms with Crippen molar-refractivity contribution in [2.75, 3.05) is 7.11 Å². The zero-order valence-electron chi connectivity index (χ0n) is 16.8. The van der Waals surface area contributed by atoms with E-state index in [2.05, 4.69) is 30.1 Å². The molecule has 0 saturated carbocycles. The van der Waals surface area contributed by atoms with Crippen LogP contribution in [0.2, 0.25) is 5.02 Å². The van der Waals surface area contributed by atoms with Gasteiger partial charge in [0, 0.05) is 17.5 Å². The molecule has 0 radical (unpaired) electrons. The normalized spacial score (nSPS) is 12.2. The molecule has 0 bridgehead atoms. The van der Waals surface area contributed by atoms with Crippen molar-refractivity contribution >= 4 is 17.6 Å². The molecule has 0 aliphatic heterocycles. The first-order valence-corrected chi connectivity index (χ1v) is 9.67. The topological polar surface area (TPSA) is 85.5 Å². The van der Waals surface area contributed by atoms with Crippen LogP contribution in [0.25, 0.3) is 11.1 Å². The largest absolute Gasteiger partial charge is 0.496 e. The predicted molar refractivity (Wildman–Crippen MR) is 111 cm³/mol. The highest BCUT2D eigenvalue weighted by Gasteiger charge is 2.25. The average molecular weight is 415 g/mol. The Morgan fingerprint density at radius 1 is 1.17 bits per heavy atom. The van der Waals surface area contributed by atoms with Gasteiger partial charge in [-0.2, -0.15) is 0 Å². The van der Waals surface area contributed by atoms with Crippen LogP contribution in [0.1, 0.15) is 55.0 Å². The van der Waals surface area contributed by atoms with E-state index in [9.17, 15) is 9.90 Å². The maximum atomic E-state index is 11.5. The lowest BCUT2D eigenvalue weighted by molar-refractivity contribution is -0.137. The van der Waals surface area contributed by atoms with E-state index in [0.717, 1.165) is 16.7 Å². The van der Waals surface area contributed by atoms with E-state index < -0.39 is 11.9 Å². The smallest absolute Gasteiger partial charge is 0.304 e. The zero-order valence-corrected chi connectivity index (χ0v) is 17.5. The molecule has 0 spiro atoms. The van der Waals surface area contributed by atoms with Gasteiger partial charge in [-0.15, -0.1) is 10.2 Å². The maximum absolute atomic E-state index is 11.5. The monoisotopic (exact) mass is 414 g/mol. The van der Waals surface area contributed by atoms with Gasteiger partial charge in [0.05, 0.1) is 19.4 Å². The molecule has 1 heterocycles. The number of benzene rings is 2. The van der Waals surface area contributed by atoms with Gasteiger partial charge in [0.15, 0.2) is 0 Å². The maximum Gasteiger partial charge on any atom is 0.304 e. The van der Waals surface area contributed by atoms with Crippen molar-refractivity contribution in [3.63, 3.8) is 0 Å². The summed E-state index contributed by atoms with van der Waals surface area (Å²) in [4.78, 5) is 11.5. The second kappa shape index (κ2) is 8.66. The minimum Gasteiger partial charge on any atom is -0.496 e. The third-order valence-electron chi connectivity index (χ3n) is 4.74. The van der Waals surface area contributed by atoms with Crippen molar-refractivity contribution in [2.24, 2.45) is 0 Å². The SMILES string of the molecule is COc1ccc(C(C)C)cc1-c1cc(Cl)cc(C(CC(=O)O)c2nnc(C)o2)c1. The van der Waals surface area contributed by atoms with Gasteiger partial charge in [-0.1, -0.05) is 37.6 Å². The summed E-state index contributed by atoms with van der Waals surface area (Å²) in [5.74, 6) is 0.118. The molecule has 152 valence electrons. The van der Waals surface area contributed by atoms with Gasteiger partial charge in [0.25, 0.3) is 0 Å². The van der Waals surface area contributed by atoms with Crippen LogP contribution in [0, 0.1) is 6.92 Å². The first-order chi connectivity index (χ1) is 13.8. The molecule has 1 atom stereocenters. The number of carbonyl (C=O) groups is 1. The Labute approximate surface area is 174 Å². The van der Waals surface area contributed by atoms with Crippen molar-refractivity contribution in [3.05, 3.63) is 64.3 Å². The summed E-state index contributed by atoms with van der Waals surface area (Å²) in [6, 6.07) is 11.5. The Hall–Kier alpha value is -2.86. The number of halogens is 1. The van der Waals surface area contributed by atoms with Gasteiger partial charge in [-0.25, -0.2) is 0 Å². The fourth-order valence-corrected chi connectivity index (χ4v) is 3.50. The number of aliphatic carboxylic acids is 1. The standard InChI is InChI=1S/C22H23ClN2O4/c1-12(2)14-5-6-20(28-4)18(10-14)15-7-16(9-17(23)8-15)19(11-21(26)27)22-25-24-13(3)29-22/h5-10,12,19H,11H2,1-4H3,(H,26,27). The molecular formula is C22H23ClN2O4. The predicted octanol–water partition coefficient (Wildman–Crippen LogP) is 5.44. The molecule has 3 aromatic rings. The molecule has 0 saturated heterocycles. The lowest BCUT2D eigenvalue weighted by atomic mass is 9.91. The third-order valence-corrected chi connectivity index (χ3v) is 4.96. The minimum absolute atomic E-state index is 0.190. The van der Waals surface area contributed by atoms with E-state index in [1.54, 1.807) is 20.1 Å². The summed E-state index contributed by atoms with van der Waals surface area (Å²) in [6.45, 7) is 5.91. The number of nitrogens with zero attached hydrogens (tertiary/aromatic N) is 2. The molecule has 1 N–H and O–H groups in total. The average Bonchev–Trinajstić information content (AvgIpc) is 3.10. The molecule has 29 heavy (non-hydrogen) atoms. The second-order valence-corrected chi connectivity index (χ2v) is 7.63. The third kappa shape index (κ3) is 4.77. The summed E-state index contributed by atoms with van der Waals surface area (Å²) in [7, 11) is 1.62. The number of carboxylic acids is 1. The van der Waals surface area contributed by atoms with Crippen molar-refractivity contribution in [1.29, 1.82) is 0 Å². The number of ether oxygens (including phenoxy) is 1. The number of aryl methyl sites for hydroxylation is 1. The first kappa shape index (κ1) is 20.9. The van der Waals surface area contributed by atoms with Crippen molar-refractivity contribution < 1.29 is 19.1 Å². The number of methoxy groups -OCH3 is 1. The fraction of sp³-hybridized carbons (Fsp3) is 0.318. The zero-order chi connectivity index (χ0) is 21.1. The fourth-order valence-electron chi connectivity index (χ4n) is 3.25. The minimum atomic E-state index is -0.966. The second-order valence-electron chi connectivity index (χ2n) is 7.20. The number of aromatic nitrogens is 2. The van der Waals surface area contributed by atoms with Crippen LogP contribution in [0.5, 0.6) is 5.75 Å². The van der Waals surface area contributed by atoms with Crippen molar-refractivity contribution in [1.82, 2.24) is 10.2 Å². The van der Waals surface area contributed by atoms with Gasteiger partial charge in [0.1, 0.15) is 5.75 Å². The molecule has 3 rings (SSSR count). The summed E-state index contributed by atoms with van der Waals surface area (Å²) >= 11 is 6.42. The molecule has 2 aromatic carbocycles. The van der Waals surface area contributed by atoms with Crippen LogP contribution in [-0.2, 0) is 4.79 Å². The van der Waals surface area contributed by atoms with E-state index in [0.29, 0.717) is 28.1 Å². The lowest BCUT2D eigenvalue weighted by Crippen LogP contribution is -2.09. The van der Waals surface area contributed by atoms with Crippen molar-refractivity contribution in [2.45, 2.75) is 39.0 Å². The van der Waals surface area contributed by atoms with Gasteiger partial charge < -0.3 is 14.3 Å². The van der Waals surface area contributed by atoms with E-state index in [4.69, 9.17) is 20.8 Å². The molecular weight excluding hydrogens is 392 g/mol. The van der Waals surface area contributed by atoms with Gasteiger partial charge >= 0.3 is 5.97 Å². The van der Waals surface area contributed by atoms with E-state index in [1.165, 1.54) is 0 Å². The Balaban J connectivity index is 2.14. The van der Waals surface area contributed by atoms with Crippen LogP contribution in [0.3, 0.4) is 0 Å². The summed E-state index contributed by atoms with van der Waals surface area (Å²) in [5.41, 5.74) is 3.57. The van der Waals surface area contributed by atoms with Crippen molar-refractivity contribution in [3.8, 4) is 16.9 Å². The van der Waals surface area contributed by atoms with Crippen LogP contribution in [-0.4, -0.2) is 28.4 Å². The molecule has 1 unspecified atom stereocenters. The van der Waals surface area contributed by atoms with Gasteiger partial charge in [-0.05, 0) is 46.9 Å². The first-order valence-electron chi connectivity index (χ1n) is 9.29. The van der Waals surface area contributed by atoms with Crippen LogP contribution < -0.4 is 4.74 Å². The number of carboxylic acid groups (broad SMARTS) is 1. The molecule has 0 amide bonds. The molecule has 7 heteroatoms. The molecule has 1 aromatic heterocycles. The Morgan fingerprint density at radius 3 is 2.52 bits per heavy atom. The quantitative estimate of drug-likeness (QED) is 0.554. The summed E-state index contributed by atoms with van der Waals surface area (Å²) in [6.07, 6.45) is -0.190. The Bertz CT molecular complexity index is 1030. The molecule has 0 aliphatic carbocycles. The van der Waals surface area contributed by atoms with Crippen LogP contribution in [0.4, 0.5) is 0 Å². The molecule has 0 aliphatic rings. The summed E-state index contributed by atoms with van der Waals surface area (Å²) < 4.78 is 11.1. The summed E-state index contributed by atoms with van der Waals surface area (Å²) in [5, 5.41) is 17.8. The van der Waals surface area contributed by atoms with Crippen LogP contribution >= 0.6 is 11.6 Å². The van der Waals surface area contributed by atoms with Gasteiger partial charge in [-0.3, -0.25) is 4.79 Å². The Kier molecular flexibility index (Phi) is 6.23.